The second-order valence-corrected chi connectivity index (χ2v) is 5.56. The lowest BCUT2D eigenvalue weighted by atomic mass is 10.1. The minimum absolute atomic E-state index is 0.168. The topological polar surface area (TPSA) is 108 Å². The molecule has 0 heterocycles. The number of halogens is 2. The standard InChI is InChI=1S/C17H12Cl2N4O2/c18-12-5-3-7-14(15(12)19)23-17(25)10(8-20)9-22-13-6-2-1-4-11(13)16(21)24/h1-7,9,22H,(H2,21,24)(H,23,25)/b10-9-. The fraction of sp³-hybridized carbons (Fsp3) is 0. The Kier molecular flexibility index (Phi) is 6.01. The zero-order valence-corrected chi connectivity index (χ0v) is 14.2. The van der Waals surface area contributed by atoms with Crippen LogP contribution in [0.4, 0.5) is 11.4 Å². The van der Waals surface area contributed by atoms with Crippen molar-refractivity contribution in [2.75, 3.05) is 10.6 Å². The highest BCUT2D eigenvalue weighted by Crippen LogP contribution is 2.29. The van der Waals surface area contributed by atoms with Crippen LogP contribution < -0.4 is 16.4 Å². The minimum atomic E-state index is -0.685. The van der Waals surface area contributed by atoms with Crippen LogP contribution >= 0.6 is 23.2 Å². The van der Waals surface area contributed by atoms with E-state index in [2.05, 4.69) is 10.6 Å². The number of anilines is 2. The number of nitrogens with one attached hydrogen (secondary N) is 2. The van der Waals surface area contributed by atoms with E-state index in [4.69, 9.17) is 28.9 Å². The summed E-state index contributed by atoms with van der Waals surface area (Å²) in [5.74, 6) is -1.32. The monoisotopic (exact) mass is 374 g/mol. The summed E-state index contributed by atoms with van der Waals surface area (Å²) in [7, 11) is 0. The normalized spacial score (nSPS) is 10.7. The maximum atomic E-state index is 12.2. The van der Waals surface area contributed by atoms with Gasteiger partial charge in [0, 0.05) is 6.20 Å². The van der Waals surface area contributed by atoms with Crippen molar-refractivity contribution in [3.05, 3.63) is 69.8 Å². The predicted octanol–water partition coefficient (Wildman–Crippen LogP) is 3.55. The van der Waals surface area contributed by atoms with Crippen LogP contribution in [0.1, 0.15) is 10.4 Å². The van der Waals surface area contributed by atoms with Crippen molar-refractivity contribution in [3.8, 4) is 6.07 Å². The van der Waals surface area contributed by atoms with E-state index in [0.717, 1.165) is 0 Å². The van der Waals surface area contributed by atoms with Gasteiger partial charge in [-0.15, -0.1) is 0 Å². The molecule has 0 saturated carbocycles. The fourth-order valence-corrected chi connectivity index (χ4v) is 2.26. The summed E-state index contributed by atoms with van der Waals surface area (Å²) < 4.78 is 0. The van der Waals surface area contributed by atoms with Crippen molar-refractivity contribution >= 4 is 46.4 Å². The van der Waals surface area contributed by atoms with E-state index in [1.807, 2.05) is 0 Å². The summed E-state index contributed by atoms with van der Waals surface area (Å²) in [6, 6.07) is 13.0. The first-order valence-electron chi connectivity index (χ1n) is 6.95. The van der Waals surface area contributed by atoms with Gasteiger partial charge in [0.15, 0.2) is 0 Å². The average molecular weight is 375 g/mol. The van der Waals surface area contributed by atoms with E-state index in [0.29, 0.717) is 5.69 Å². The molecule has 2 aromatic rings. The summed E-state index contributed by atoms with van der Waals surface area (Å²) in [5.41, 5.74) is 5.93. The number of amides is 2. The van der Waals surface area contributed by atoms with Gasteiger partial charge in [0.1, 0.15) is 11.6 Å². The van der Waals surface area contributed by atoms with Gasteiger partial charge in [-0.3, -0.25) is 9.59 Å². The molecule has 0 radical (unpaired) electrons. The number of nitrogens with two attached hydrogens (primary N) is 1. The zero-order valence-electron chi connectivity index (χ0n) is 12.7. The van der Waals surface area contributed by atoms with Gasteiger partial charge < -0.3 is 16.4 Å². The van der Waals surface area contributed by atoms with Crippen LogP contribution in [0.3, 0.4) is 0 Å². The maximum Gasteiger partial charge on any atom is 0.267 e. The Morgan fingerprint density at radius 2 is 1.76 bits per heavy atom. The molecule has 25 heavy (non-hydrogen) atoms. The summed E-state index contributed by atoms with van der Waals surface area (Å²) >= 11 is 11.9. The summed E-state index contributed by atoms with van der Waals surface area (Å²) in [6.07, 6.45) is 1.18. The van der Waals surface area contributed by atoms with Gasteiger partial charge in [-0.2, -0.15) is 5.26 Å². The van der Waals surface area contributed by atoms with Crippen molar-refractivity contribution in [3.63, 3.8) is 0 Å². The Balaban J connectivity index is 2.21. The highest BCUT2D eigenvalue weighted by Gasteiger charge is 2.13. The second kappa shape index (κ2) is 8.20. The number of nitrogens with zero attached hydrogens (tertiary/aromatic N) is 1. The SMILES string of the molecule is N#C/C(=C/Nc1ccccc1C(N)=O)C(=O)Nc1cccc(Cl)c1Cl. The van der Waals surface area contributed by atoms with Gasteiger partial charge in [0.2, 0.25) is 0 Å². The molecule has 0 aromatic heterocycles. The number of carbonyl (C=O) groups is 2. The average Bonchev–Trinajstić information content (AvgIpc) is 2.59. The highest BCUT2D eigenvalue weighted by molar-refractivity contribution is 6.44. The van der Waals surface area contributed by atoms with E-state index < -0.39 is 11.8 Å². The molecule has 0 saturated heterocycles. The van der Waals surface area contributed by atoms with Gasteiger partial charge in [-0.05, 0) is 24.3 Å². The molecule has 4 N–H and O–H groups in total. The van der Waals surface area contributed by atoms with Crippen LogP contribution in [0.2, 0.25) is 10.0 Å². The zero-order chi connectivity index (χ0) is 18.4. The van der Waals surface area contributed by atoms with E-state index >= 15 is 0 Å². The first-order chi connectivity index (χ1) is 11.9. The maximum absolute atomic E-state index is 12.2. The molecule has 2 amide bonds. The largest absolute Gasteiger partial charge is 0.366 e. The van der Waals surface area contributed by atoms with E-state index in [1.54, 1.807) is 42.5 Å². The third-order valence-corrected chi connectivity index (χ3v) is 3.95. The summed E-state index contributed by atoms with van der Waals surface area (Å²) in [6.45, 7) is 0. The molecule has 126 valence electrons. The van der Waals surface area contributed by atoms with Crippen LogP contribution in [0.5, 0.6) is 0 Å². The molecule has 0 fully saturated rings. The van der Waals surface area contributed by atoms with Crippen LogP contribution in [-0.2, 0) is 4.79 Å². The summed E-state index contributed by atoms with van der Waals surface area (Å²) in [5, 5.41) is 14.9. The number of para-hydroxylation sites is 1. The second-order valence-electron chi connectivity index (χ2n) is 4.78. The quantitative estimate of drug-likeness (QED) is 0.549. The molecule has 0 atom stereocenters. The number of rotatable bonds is 5. The highest BCUT2D eigenvalue weighted by atomic mass is 35.5. The fourth-order valence-electron chi connectivity index (χ4n) is 1.91. The van der Waals surface area contributed by atoms with Gasteiger partial charge in [0.05, 0.1) is 27.0 Å². The first-order valence-corrected chi connectivity index (χ1v) is 7.70. The van der Waals surface area contributed by atoms with Gasteiger partial charge in [-0.25, -0.2) is 0 Å². The third kappa shape index (κ3) is 4.51. The van der Waals surface area contributed by atoms with Crippen LogP contribution in [-0.4, -0.2) is 11.8 Å². The number of hydrogen-bond acceptors (Lipinski definition) is 4. The number of benzene rings is 2. The predicted molar refractivity (Wildman–Crippen MR) is 97.4 cm³/mol. The molecule has 8 heteroatoms. The molecule has 2 rings (SSSR count). The van der Waals surface area contributed by atoms with E-state index in [9.17, 15) is 14.9 Å². The van der Waals surface area contributed by atoms with Crippen molar-refractivity contribution in [2.24, 2.45) is 5.73 Å². The Morgan fingerprint density at radius 3 is 2.44 bits per heavy atom. The van der Waals surface area contributed by atoms with Crippen LogP contribution in [0, 0.1) is 11.3 Å². The van der Waals surface area contributed by atoms with E-state index in [1.165, 1.54) is 12.3 Å². The molecule has 0 aliphatic heterocycles. The van der Waals surface area contributed by atoms with Gasteiger partial charge in [-0.1, -0.05) is 41.4 Å². The van der Waals surface area contributed by atoms with E-state index in [-0.39, 0.29) is 26.9 Å². The molecule has 0 aliphatic rings. The Morgan fingerprint density at radius 1 is 1.08 bits per heavy atom. The lowest BCUT2D eigenvalue weighted by Gasteiger charge is -2.09. The number of nitriles is 1. The van der Waals surface area contributed by atoms with Crippen LogP contribution in [0.25, 0.3) is 0 Å². The Bertz CT molecular complexity index is 904. The molecule has 0 spiro atoms. The smallest absolute Gasteiger partial charge is 0.267 e. The summed E-state index contributed by atoms with van der Waals surface area (Å²) in [4.78, 5) is 23.6. The number of primary amides is 1. The van der Waals surface area contributed by atoms with Crippen molar-refractivity contribution in [1.29, 1.82) is 5.26 Å². The molecular formula is C17H12Cl2N4O2. The van der Waals surface area contributed by atoms with Gasteiger partial charge in [0.25, 0.3) is 11.8 Å². The molecular weight excluding hydrogens is 363 g/mol. The molecule has 6 nitrogen and oxygen atoms in total. The molecule has 0 unspecified atom stereocenters. The Hall–Kier alpha value is -3.01. The molecule has 0 bridgehead atoms. The molecule has 0 aliphatic carbocycles. The Labute approximate surface area is 153 Å². The number of hydrogen-bond donors (Lipinski definition) is 3. The van der Waals surface area contributed by atoms with Crippen molar-refractivity contribution < 1.29 is 9.59 Å². The van der Waals surface area contributed by atoms with Crippen molar-refractivity contribution in [1.82, 2.24) is 0 Å². The lowest BCUT2D eigenvalue weighted by Crippen LogP contribution is -2.16. The lowest BCUT2D eigenvalue weighted by molar-refractivity contribution is -0.112. The molecule has 2 aromatic carbocycles. The third-order valence-electron chi connectivity index (χ3n) is 3.13. The van der Waals surface area contributed by atoms with Crippen LogP contribution in [0.15, 0.2) is 54.2 Å². The minimum Gasteiger partial charge on any atom is -0.366 e. The number of carbonyl (C=O) groups excluding carboxylic acids is 2. The first kappa shape index (κ1) is 18.3. The van der Waals surface area contributed by atoms with Gasteiger partial charge >= 0.3 is 0 Å². The van der Waals surface area contributed by atoms with Crippen molar-refractivity contribution in [2.45, 2.75) is 0 Å².